The summed E-state index contributed by atoms with van der Waals surface area (Å²) >= 11 is 0. The summed E-state index contributed by atoms with van der Waals surface area (Å²) in [5.41, 5.74) is 0.309. The molecule has 5 heteroatoms. The molecule has 0 spiro atoms. The predicted molar refractivity (Wildman–Crippen MR) is 75.6 cm³/mol. The monoisotopic (exact) mass is 284 g/mol. The summed E-state index contributed by atoms with van der Waals surface area (Å²) in [5, 5.41) is 0. The van der Waals surface area contributed by atoms with Crippen molar-refractivity contribution < 1.29 is 8.78 Å². The molecule has 0 radical (unpaired) electrons. The van der Waals surface area contributed by atoms with Crippen molar-refractivity contribution in [2.75, 3.05) is 0 Å². The van der Waals surface area contributed by atoms with E-state index >= 15 is 0 Å². The molecule has 1 N–H and O–H groups in total. The molecule has 0 amide bonds. The first-order chi connectivity index (χ1) is 10.1. The maximum atomic E-state index is 13.8. The molecule has 0 bridgehead atoms. The molecule has 21 heavy (non-hydrogen) atoms. The van der Waals surface area contributed by atoms with E-state index in [0.717, 1.165) is 12.1 Å². The van der Waals surface area contributed by atoms with Crippen molar-refractivity contribution in [1.82, 2.24) is 9.97 Å². The van der Waals surface area contributed by atoms with E-state index in [1.165, 1.54) is 12.1 Å². The van der Waals surface area contributed by atoms with Crippen molar-refractivity contribution in [1.29, 1.82) is 0 Å². The van der Waals surface area contributed by atoms with Crippen molar-refractivity contribution in [3.05, 3.63) is 76.6 Å². The van der Waals surface area contributed by atoms with Crippen molar-refractivity contribution in [3.8, 4) is 22.6 Å². The Morgan fingerprint density at radius 1 is 0.952 bits per heavy atom. The Bertz CT molecular complexity index is 844. The molecular weight excluding hydrogens is 274 g/mol. The molecule has 0 fully saturated rings. The van der Waals surface area contributed by atoms with E-state index in [-0.39, 0.29) is 11.3 Å². The van der Waals surface area contributed by atoms with Crippen molar-refractivity contribution in [2.45, 2.75) is 0 Å². The quantitative estimate of drug-likeness (QED) is 0.784. The second kappa shape index (κ2) is 5.28. The van der Waals surface area contributed by atoms with Crippen LogP contribution in [0.3, 0.4) is 0 Å². The lowest BCUT2D eigenvalue weighted by atomic mass is 10.1. The van der Waals surface area contributed by atoms with E-state index in [1.807, 2.05) is 6.07 Å². The minimum atomic E-state index is -1.02. The van der Waals surface area contributed by atoms with Gasteiger partial charge in [0.05, 0.1) is 5.69 Å². The summed E-state index contributed by atoms with van der Waals surface area (Å²) in [7, 11) is 0. The van der Waals surface area contributed by atoms with Crippen LogP contribution in [0.4, 0.5) is 8.78 Å². The van der Waals surface area contributed by atoms with Gasteiger partial charge in [-0.05, 0) is 12.1 Å². The number of hydrogen-bond donors (Lipinski definition) is 1. The zero-order chi connectivity index (χ0) is 14.8. The molecule has 0 aliphatic carbocycles. The minimum Gasteiger partial charge on any atom is -0.306 e. The number of nitrogens with zero attached hydrogens (tertiary/aromatic N) is 1. The highest BCUT2D eigenvalue weighted by Gasteiger charge is 2.13. The number of halogens is 2. The third-order valence-corrected chi connectivity index (χ3v) is 3.02. The molecule has 104 valence electrons. The number of benzene rings is 2. The lowest BCUT2D eigenvalue weighted by Crippen LogP contribution is -2.09. The zero-order valence-corrected chi connectivity index (χ0v) is 10.8. The van der Waals surface area contributed by atoms with Gasteiger partial charge in [-0.15, -0.1) is 0 Å². The van der Waals surface area contributed by atoms with Crippen LogP contribution in [0.25, 0.3) is 22.6 Å². The summed E-state index contributed by atoms with van der Waals surface area (Å²) in [5.74, 6) is -1.69. The molecule has 1 aromatic heterocycles. The van der Waals surface area contributed by atoms with Crippen LogP contribution in [-0.2, 0) is 0 Å². The largest absolute Gasteiger partial charge is 0.306 e. The molecule has 0 unspecified atom stereocenters. The summed E-state index contributed by atoms with van der Waals surface area (Å²) in [6.07, 6.45) is 0. The minimum absolute atomic E-state index is 0.0433. The Labute approximate surface area is 118 Å². The highest BCUT2D eigenvalue weighted by Crippen LogP contribution is 2.23. The first kappa shape index (κ1) is 13.2. The van der Waals surface area contributed by atoms with Crippen LogP contribution in [-0.4, -0.2) is 9.97 Å². The molecule has 1 heterocycles. The fourth-order valence-corrected chi connectivity index (χ4v) is 2.03. The topological polar surface area (TPSA) is 45.8 Å². The van der Waals surface area contributed by atoms with Crippen LogP contribution in [0.15, 0.2) is 59.4 Å². The van der Waals surface area contributed by atoms with Gasteiger partial charge in [-0.2, -0.15) is 0 Å². The predicted octanol–water partition coefficient (Wildman–Crippen LogP) is 3.38. The van der Waals surface area contributed by atoms with Gasteiger partial charge in [-0.25, -0.2) is 13.8 Å². The highest BCUT2D eigenvalue weighted by molar-refractivity contribution is 5.63. The van der Waals surface area contributed by atoms with Gasteiger partial charge >= 0.3 is 0 Å². The second-order valence-electron chi connectivity index (χ2n) is 4.45. The molecule has 0 saturated carbocycles. The number of aromatic amines is 1. The zero-order valence-electron chi connectivity index (χ0n) is 10.8. The number of nitrogens with one attached hydrogen (secondary N) is 1. The first-order valence-electron chi connectivity index (χ1n) is 6.26. The summed E-state index contributed by atoms with van der Waals surface area (Å²) in [6.45, 7) is 0. The first-order valence-corrected chi connectivity index (χ1v) is 6.26. The highest BCUT2D eigenvalue weighted by atomic mass is 19.2. The normalized spacial score (nSPS) is 10.6. The Morgan fingerprint density at radius 3 is 2.48 bits per heavy atom. The summed E-state index contributed by atoms with van der Waals surface area (Å²) < 4.78 is 27.1. The lowest BCUT2D eigenvalue weighted by Gasteiger charge is -2.06. The molecule has 3 aromatic rings. The Morgan fingerprint density at radius 2 is 1.71 bits per heavy atom. The number of hydrogen-bond acceptors (Lipinski definition) is 2. The van der Waals surface area contributed by atoms with Gasteiger partial charge in [0.1, 0.15) is 5.82 Å². The Hall–Kier alpha value is -2.82. The van der Waals surface area contributed by atoms with Crippen LogP contribution in [0.1, 0.15) is 0 Å². The van der Waals surface area contributed by atoms with Crippen molar-refractivity contribution in [3.63, 3.8) is 0 Å². The van der Waals surface area contributed by atoms with Crippen LogP contribution in [0.2, 0.25) is 0 Å². The fraction of sp³-hybridized carbons (Fsp3) is 0. The number of H-pyrrole nitrogens is 1. The Balaban J connectivity index is 2.19. The second-order valence-corrected chi connectivity index (χ2v) is 4.45. The maximum Gasteiger partial charge on any atom is 0.251 e. The van der Waals surface area contributed by atoms with Crippen LogP contribution in [0.5, 0.6) is 0 Å². The van der Waals surface area contributed by atoms with Gasteiger partial charge in [-0.1, -0.05) is 36.4 Å². The summed E-state index contributed by atoms with van der Waals surface area (Å²) in [6, 6.07) is 13.9. The third-order valence-electron chi connectivity index (χ3n) is 3.02. The molecule has 0 aliphatic rings. The number of aromatic nitrogens is 2. The molecule has 3 nitrogen and oxygen atoms in total. The van der Waals surface area contributed by atoms with Crippen molar-refractivity contribution >= 4 is 0 Å². The number of rotatable bonds is 2. The van der Waals surface area contributed by atoms with Gasteiger partial charge < -0.3 is 4.98 Å². The maximum absolute atomic E-state index is 13.8. The molecule has 0 aliphatic heterocycles. The smallest absolute Gasteiger partial charge is 0.251 e. The van der Waals surface area contributed by atoms with E-state index in [2.05, 4.69) is 9.97 Å². The van der Waals surface area contributed by atoms with E-state index in [9.17, 15) is 13.6 Å². The average molecular weight is 284 g/mol. The fourth-order valence-electron chi connectivity index (χ4n) is 2.03. The van der Waals surface area contributed by atoms with Gasteiger partial charge in [0, 0.05) is 17.2 Å². The molecule has 0 atom stereocenters. The van der Waals surface area contributed by atoms with Crippen molar-refractivity contribution in [2.24, 2.45) is 0 Å². The molecule has 3 rings (SSSR count). The van der Waals surface area contributed by atoms with Gasteiger partial charge in [0.15, 0.2) is 11.6 Å². The van der Waals surface area contributed by atoms with Gasteiger partial charge in [0.25, 0.3) is 5.56 Å². The summed E-state index contributed by atoms with van der Waals surface area (Å²) in [4.78, 5) is 18.5. The van der Waals surface area contributed by atoms with E-state index in [1.54, 1.807) is 24.3 Å². The third kappa shape index (κ3) is 2.58. The van der Waals surface area contributed by atoms with E-state index in [0.29, 0.717) is 11.4 Å². The molecule has 2 aromatic carbocycles. The lowest BCUT2D eigenvalue weighted by molar-refractivity contribution is 0.511. The van der Waals surface area contributed by atoms with E-state index in [4.69, 9.17) is 0 Å². The average Bonchev–Trinajstić information content (AvgIpc) is 2.50. The molecular formula is C16H10F2N2O. The van der Waals surface area contributed by atoms with Gasteiger partial charge in [-0.3, -0.25) is 4.79 Å². The van der Waals surface area contributed by atoms with E-state index < -0.39 is 17.2 Å². The van der Waals surface area contributed by atoms with Crippen LogP contribution < -0.4 is 5.56 Å². The van der Waals surface area contributed by atoms with Gasteiger partial charge in [0.2, 0.25) is 0 Å². The SMILES string of the molecule is O=c1cc(-c2cccc(F)c2F)nc(-c2ccccc2)[nH]1. The van der Waals surface area contributed by atoms with Crippen LogP contribution >= 0.6 is 0 Å². The standard InChI is InChI=1S/C16H10F2N2O/c17-12-8-4-7-11(15(12)18)13-9-14(21)20-16(19-13)10-5-2-1-3-6-10/h1-9H,(H,19,20,21). The molecule has 0 saturated heterocycles. The Kier molecular flexibility index (Phi) is 3.31. The van der Waals surface area contributed by atoms with Crippen LogP contribution in [0, 0.1) is 11.6 Å².